The largest absolute Gasteiger partial charge is 0.384 e. The van der Waals surface area contributed by atoms with Crippen LogP contribution in [-0.2, 0) is 9.53 Å². The molecule has 1 aliphatic rings. The van der Waals surface area contributed by atoms with E-state index in [2.05, 4.69) is 10.6 Å². The van der Waals surface area contributed by atoms with Gasteiger partial charge in [-0.2, -0.15) is 0 Å². The fourth-order valence-electron chi connectivity index (χ4n) is 2.60. The molecule has 0 spiro atoms. The number of piperidine rings is 1. The highest BCUT2D eigenvalue weighted by Crippen LogP contribution is 2.32. The van der Waals surface area contributed by atoms with Gasteiger partial charge in [0, 0.05) is 12.0 Å². The first-order valence-corrected chi connectivity index (χ1v) is 8.03. The summed E-state index contributed by atoms with van der Waals surface area (Å²) < 4.78 is 6.04. The molecule has 1 atom stereocenters. The second-order valence-electron chi connectivity index (χ2n) is 5.30. The molecular weight excluding hydrogens is 331 g/mol. The van der Waals surface area contributed by atoms with Crippen LogP contribution in [0.15, 0.2) is 12.1 Å². The zero-order valence-electron chi connectivity index (χ0n) is 12.3. The highest BCUT2D eigenvalue weighted by atomic mass is 35.5. The average molecular weight is 353 g/mol. The number of hydrogen-bond donors (Lipinski definition) is 2. The van der Waals surface area contributed by atoms with Gasteiger partial charge >= 0.3 is 0 Å². The molecule has 120 valence electrons. The highest BCUT2D eigenvalue weighted by Gasteiger charge is 2.40. The Morgan fingerprint density at radius 1 is 1.52 bits per heavy atom. The smallest absolute Gasteiger partial charge is 0.229 e. The molecule has 0 saturated carbocycles. The van der Waals surface area contributed by atoms with Crippen molar-refractivity contribution in [3.63, 3.8) is 0 Å². The quantitative estimate of drug-likeness (QED) is 0.856. The highest BCUT2D eigenvalue weighted by molar-refractivity contribution is 7.16. The number of carbonyl (C=O) groups excluding carboxylic acids is 1. The van der Waals surface area contributed by atoms with Crippen LogP contribution in [0.4, 0.5) is 0 Å². The molecule has 1 aromatic rings. The summed E-state index contributed by atoms with van der Waals surface area (Å²) in [4.78, 5) is 13.7. The summed E-state index contributed by atoms with van der Waals surface area (Å²) in [5.74, 6) is 0.0814. The molecule has 7 heteroatoms. The Labute approximate surface area is 141 Å². The third-order valence-electron chi connectivity index (χ3n) is 3.83. The van der Waals surface area contributed by atoms with Gasteiger partial charge in [0.1, 0.15) is 0 Å². The van der Waals surface area contributed by atoms with Crippen LogP contribution in [0.3, 0.4) is 0 Å². The molecule has 2 rings (SSSR count). The van der Waals surface area contributed by atoms with Gasteiger partial charge in [-0.15, -0.1) is 23.7 Å². The molecule has 1 unspecified atom stereocenters. The van der Waals surface area contributed by atoms with E-state index in [1.54, 1.807) is 7.11 Å². The minimum atomic E-state index is -0.407. The van der Waals surface area contributed by atoms with Crippen molar-refractivity contribution in [3.8, 4) is 0 Å². The van der Waals surface area contributed by atoms with Crippen LogP contribution in [0.25, 0.3) is 0 Å². The first-order valence-electron chi connectivity index (χ1n) is 6.83. The van der Waals surface area contributed by atoms with Crippen LogP contribution < -0.4 is 10.6 Å². The Hall–Kier alpha value is -0.330. The number of hydrogen-bond acceptors (Lipinski definition) is 4. The van der Waals surface area contributed by atoms with Crippen molar-refractivity contribution in [1.29, 1.82) is 0 Å². The molecule has 0 aliphatic carbocycles. The van der Waals surface area contributed by atoms with Gasteiger partial charge in [0.25, 0.3) is 0 Å². The van der Waals surface area contributed by atoms with Crippen molar-refractivity contribution in [1.82, 2.24) is 10.6 Å². The van der Waals surface area contributed by atoms with E-state index in [0.29, 0.717) is 6.61 Å². The van der Waals surface area contributed by atoms with E-state index in [9.17, 15) is 4.79 Å². The zero-order chi connectivity index (χ0) is 14.6. The molecule has 1 aliphatic heterocycles. The summed E-state index contributed by atoms with van der Waals surface area (Å²) in [6, 6.07) is 3.80. The first-order chi connectivity index (χ1) is 9.57. The lowest BCUT2D eigenvalue weighted by molar-refractivity contribution is -0.136. The molecule has 1 amide bonds. The van der Waals surface area contributed by atoms with Crippen LogP contribution in [0.1, 0.15) is 30.7 Å². The Kier molecular flexibility index (Phi) is 7.44. The van der Waals surface area contributed by atoms with Crippen molar-refractivity contribution in [3.05, 3.63) is 21.3 Å². The van der Waals surface area contributed by atoms with Gasteiger partial charge < -0.3 is 15.4 Å². The Morgan fingerprint density at radius 2 is 2.19 bits per heavy atom. The molecule has 21 heavy (non-hydrogen) atoms. The Bertz CT molecular complexity index is 456. The van der Waals surface area contributed by atoms with Crippen molar-refractivity contribution in [2.24, 2.45) is 5.41 Å². The molecule has 0 aromatic carbocycles. The van der Waals surface area contributed by atoms with Crippen molar-refractivity contribution >= 4 is 41.3 Å². The topological polar surface area (TPSA) is 50.4 Å². The fraction of sp³-hybridized carbons (Fsp3) is 0.643. The van der Waals surface area contributed by atoms with Gasteiger partial charge in [0.2, 0.25) is 5.91 Å². The number of thiophene rings is 1. The number of ether oxygens (including phenoxy) is 1. The SMILES string of the molecule is COCC1(C(=O)NC(C)c2ccc(Cl)s2)CCNCC1.Cl. The van der Waals surface area contributed by atoms with E-state index in [1.807, 2.05) is 19.1 Å². The van der Waals surface area contributed by atoms with Crippen molar-refractivity contribution in [2.45, 2.75) is 25.8 Å². The van der Waals surface area contributed by atoms with Gasteiger partial charge in [0.05, 0.1) is 22.4 Å². The van der Waals surface area contributed by atoms with Crippen LogP contribution >= 0.6 is 35.3 Å². The molecule has 1 fully saturated rings. The Balaban J connectivity index is 0.00000220. The molecule has 0 radical (unpaired) electrons. The van der Waals surface area contributed by atoms with Crippen LogP contribution in [0.5, 0.6) is 0 Å². The summed E-state index contributed by atoms with van der Waals surface area (Å²) in [6.07, 6.45) is 1.62. The number of rotatable bonds is 5. The zero-order valence-corrected chi connectivity index (χ0v) is 14.7. The van der Waals surface area contributed by atoms with Gasteiger partial charge in [-0.25, -0.2) is 0 Å². The van der Waals surface area contributed by atoms with Gasteiger partial charge in [-0.3, -0.25) is 4.79 Å². The lowest BCUT2D eigenvalue weighted by atomic mass is 9.78. The molecule has 4 nitrogen and oxygen atoms in total. The lowest BCUT2D eigenvalue weighted by Crippen LogP contribution is -2.50. The fourth-order valence-corrected chi connectivity index (χ4v) is 3.66. The maximum absolute atomic E-state index is 12.7. The standard InChI is InChI=1S/C14H21ClN2O2S.ClH/c1-10(11-3-4-12(15)20-11)17-13(18)14(9-19-2)5-7-16-8-6-14;/h3-4,10,16H,5-9H2,1-2H3,(H,17,18);1H. The average Bonchev–Trinajstić information content (AvgIpc) is 2.87. The van der Waals surface area contributed by atoms with Crippen molar-refractivity contribution in [2.75, 3.05) is 26.8 Å². The van der Waals surface area contributed by atoms with Crippen LogP contribution in [0, 0.1) is 5.41 Å². The third-order valence-corrected chi connectivity index (χ3v) is 5.25. The number of methoxy groups -OCH3 is 1. The lowest BCUT2D eigenvalue weighted by Gasteiger charge is -2.36. The molecule has 2 heterocycles. The summed E-state index contributed by atoms with van der Waals surface area (Å²) in [7, 11) is 1.65. The third kappa shape index (κ3) is 4.57. The normalized spacial score (nSPS) is 18.6. The first kappa shape index (κ1) is 18.7. The molecule has 1 aromatic heterocycles. The van der Waals surface area contributed by atoms with E-state index in [4.69, 9.17) is 16.3 Å². The maximum atomic E-state index is 12.7. The maximum Gasteiger partial charge on any atom is 0.229 e. The van der Waals surface area contributed by atoms with E-state index in [0.717, 1.165) is 35.1 Å². The molecule has 1 saturated heterocycles. The molecule has 0 bridgehead atoms. The monoisotopic (exact) mass is 352 g/mol. The van der Waals surface area contributed by atoms with Gasteiger partial charge in [-0.1, -0.05) is 11.6 Å². The minimum Gasteiger partial charge on any atom is -0.384 e. The number of nitrogens with one attached hydrogen (secondary N) is 2. The molecule has 2 N–H and O–H groups in total. The number of amides is 1. The predicted octanol–water partition coefficient (Wildman–Crippen LogP) is 3.02. The summed E-state index contributed by atoms with van der Waals surface area (Å²) in [6.45, 7) is 4.17. The van der Waals surface area contributed by atoms with Crippen LogP contribution in [0.2, 0.25) is 4.34 Å². The van der Waals surface area contributed by atoms with Gasteiger partial charge in [0.15, 0.2) is 0 Å². The summed E-state index contributed by atoms with van der Waals surface area (Å²) in [5.41, 5.74) is -0.407. The minimum absolute atomic E-state index is 0. The predicted molar refractivity (Wildman–Crippen MR) is 89.5 cm³/mol. The van der Waals surface area contributed by atoms with Gasteiger partial charge in [-0.05, 0) is 45.0 Å². The van der Waals surface area contributed by atoms with E-state index < -0.39 is 5.41 Å². The number of carbonyl (C=O) groups is 1. The van der Waals surface area contributed by atoms with E-state index in [1.165, 1.54) is 11.3 Å². The van der Waals surface area contributed by atoms with Crippen LogP contribution in [-0.4, -0.2) is 32.7 Å². The van der Waals surface area contributed by atoms with Crippen molar-refractivity contribution < 1.29 is 9.53 Å². The summed E-state index contributed by atoms with van der Waals surface area (Å²) in [5, 5.41) is 6.40. The van der Waals surface area contributed by atoms with E-state index >= 15 is 0 Å². The second-order valence-corrected chi connectivity index (χ2v) is 7.05. The number of halogens is 2. The Morgan fingerprint density at radius 3 is 2.71 bits per heavy atom. The van der Waals surface area contributed by atoms with E-state index in [-0.39, 0.29) is 24.4 Å². The summed E-state index contributed by atoms with van der Waals surface area (Å²) >= 11 is 7.45. The molecular formula is C14H22Cl2N2O2S. The second kappa shape index (κ2) is 8.34.